The Kier molecular flexibility index (Phi) is 6.48. The number of nitrogens with one attached hydrogen (secondary N) is 1. The predicted octanol–water partition coefficient (Wildman–Crippen LogP) is 3.03. The molecule has 140 valence electrons. The fourth-order valence-electron chi connectivity index (χ4n) is 2.02. The number of hydrogen-bond acceptors (Lipinski definition) is 8. The van der Waals surface area contributed by atoms with Crippen LogP contribution in [-0.4, -0.2) is 31.1 Å². The number of anilines is 1. The molecule has 0 heterocycles. The van der Waals surface area contributed by atoms with Gasteiger partial charge in [0.25, 0.3) is 0 Å². The van der Waals surface area contributed by atoms with E-state index in [0.717, 1.165) is 6.08 Å². The van der Waals surface area contributed by atoms with Crippen molar-refractivity contribution in [1.82, 2.24) is 0 Å². The number of esters is 2. The molecular weight excluding hydrogens is 356 g/mol. The van der Waals surface area contributed by atoms with E-state index in [1.54, 1.807) is 36.4 Å². The normalized spacial score (nSPS) is 10.7. The monoisotopic (exact) mass is 372 g/mol. The van der Waals surface area contributed by atoms with Crippen molar-refractivity contribution in [2.45, 2.75) is 0 Å². The van der Waals surface area contributed by atoms with Gasteiger partial charge in [0.15, 0.2) is 0 Å². The molecule has 9 heteroatoms. The van der Waals surface area contributed by atoms with E-state index in [4.69, 9.17) is 4.74 Å². The fraction of sp³-hybridized carbons (Fsp3) is 0.111. The maximum absolute atomic E-state index is 11.7. The Morgan fingerprint density at radius 2 is 1.70 bits per heavy atom. The zero-order chi connectivity index (χ0) is 19.8. The van der Waals surface area contributed by atoms with Gasteiger partial charge >= 0.3 is 17.6 Å². The molecule has 0 aromatic heterocycles. The number of nitrogens with zero attached hydrogens (tertiary/aromatic N) is 1. The van der Waals surface area contributed by atoms with Crippen LogP contribution in [0.4, 0.5) is 11.4 Å². The molecule has 0 unspecified atom stereocenters. The number of ether oxygens (including phenoxy) is 3. The quantitative estimate of drug-likeness (QED) is 0.341. The van der Waals surface area contributed by atoms with Crippen molar-refractivity contribution in [3.63, 3.8) is 0 Å². The maximum atomic E-state index is 11.7. The van der Waals surface area contributed by atoms with Crippen molar-refractivity contribution in [2.75, 3.05) is 19.5 Å². The highest BCUT2D eigenvalue weighted by molar-refractivity contribution is 5.98. The second kappa shape index (κ2) is 8.99. The Hall–Kier alpha value is -3.88. The number of benzene rings is 2. The molecule has 0 amide bonds. The van der Waals surface area contributed by atoms with Crippen LogP contribution in [0.3, 0.4) is 0 Å². The van der Waals surface area contributed by atoms with Crippen molar-refractivity contribution in [1.29, 1.82) is 0 Å². The van der Waals surface area contributed by atoms with Gasteiger partial charge in [-0.15, -0.1) is 0 Å². The molecule has 0 saturated heterocycles. The van der Waals surface area contributed by atoms with E-state index in [0.29, 0.717) is 11.4 Å². The number of carbonyl (C=O) groups excluding carboxylic acids is 2. The lowest BCUT2D eigenvalue weighted by Crippen LogP contribution is -2.15. The van der Waals surface area contributed by atoms with E-state index in [9.17, 15) is 19.7 Å². The summed E-state index contributed by atoms with van der Waals surface area (Å²) in [6, 6.07) is 12.2. The van der Waals surface area contributed by atoms with Crippen LogP contribution in [0.1, 0.15) is 0 Å². The van der Waals surface area contributed by atoms with Gasteiger partial charge in [-0.3, -0.25) is 10.1 Å². The highest BCUT2D eigenvalue weighted by Crippen LogP contribution is 2.31. The Bertz CT molecular complexity index is 876. The highest BCUT2D eigenvalue weighted by Gasteiger charge is 2.15. The lowest BCUT2D eigenvalue weighted by molar-refractivity contribution is -0.385. The first-order chi connectivity index (χ1) is 12.9. The Morgan fingerprint density at radius 3 is 2.30 bits per heavy atom. The zero-order valence-corrected chi connectivity index (χ0v) is 14.5. The smallest absolute Gasteiger partial charge is 0.354 e. The molecule has 0 aliphatic heterocycles. The van der Waals surface area contributed by atoms with Crippen LogP contribution < -0.4 is 10.1 Å². The summed E-state index contributed by atoms with van der Waals surface area (Å²) in [6.07, 6.45) is 0.962. The molecule has 0 spiro atoms. The molecule has 2 aromatic carbocycles. The van der Waals surface area contributed by atoms with E-state index in [2.05, 4.69) is 14.8 Å². The van der Waals surface area contributed by atoms with Crippen molar-refractivity contribution >= 4 is 23.3 Å². The number of carbonyl (C=O) groups is 2. The number of nitro groups is 1. The van der Waals surface area contributed by atoms with Crippen LogP contribution in [0.2, 0.25) is 0 Å². The van der Waals surface area contributed by atoms with Crippen LogP contribution >= 0.6 is 0 Å². The topological polar surface area (TPSA) is 117 Å². The summed E-state index contributed by atoms with van der Waals surface area (Å²) in [6.45, 7) is 0. The molecule has 0 saturated carbocycles. The van der Waals surface area contributed by atoms with Gasteiger partial charge < -0.3 is 19.5 Å². The summed E-state index contributed by atoms with van der Waals surface area (Å²) in [7, 11) is 2.36. The SMILES string of the molecule is COC(=O)/C=C(/Nc1ccc(Oc2ccccc2[N+](=O)[O-])cc1)C(=O)OC. The van der Waals surface area contributed by atoms with Gasteiger partial charge in [0.2, 0.25) is 5.75 Å². The number of hydrogen-bond donors (Lipinski definition) is 1. The Morgan fingerprint density at radius 1 is 1.04 bits per heavy atom. The van der Waals surface area contributed by atoms with Gasteiger partial charge in [0, 0.05) is 11.8 Å². The van der Waals surface area contributed by atoms with Crippen molar-refractivity contribution in [3.8, 4) is 11.5 Å². The number of methoxy groups -OCH3 is 2. The summed E-state index contributed by atoms with van der Waals surface area (Å²) in [5.74, 6) is -1.02. The molecule has 0 fully saturated rings. The maximum Gasteiger partial charge on any atom is 0.354 e. The number of para-hydroxylation sites is 2. The molecular formula is C18H16N2O7. The second-order valence-corrected chi connectivity index (χ2v) is 5.05. The molecule has 2 rings (SSSR count). The minimum atomic E-state index is -0.749. The van der Waals surface area contributed by atoms with E-state index < -0.39 is 16.9 Å². The third-order valence-electron chi connectivity index (χ3n) is 3.29. The minimum absolute atomic E-state index is 0.101. The average Bonchev–Trinajstić information content (AvgIpc) is 2.68. The Balaban J connectivity index is 2.17. The van der Waals surface area contributed by atoms with Gasteiger partial charge in [-0.05, 0) is 30.3 Å². The lowest BCUT2D eigenvalue weighted by Gasteiger charge is -2.10. The average molecular weight is 372 g/mol. The predicted molar refractivity (Wildman–Crippen MR) is 95.4 cm³/mol. The summed E-state index contributed by atoms with van der Waals surface area (Å²) in [5.41, 5.74) is 0.191. The van der Waals surface area contributed by atoms with Crippen molar-refractivity contribution in [3.05, 3.63) is 70.4 Å². The highest BCUT2D eigenvalue weighted by atomic mass is 16.6. The van der Waals surface area contributed by atoms with E-state index in [1.165, 1.54) is 26.4 Å². The van der Waals surface area contributed by atoms with E-state index >= 15 is 0 Å². The van der Waals surface area contributed by atoms with Gasteiger partial charge in [-0.1, -0.05) is 12.1 Å². The number of nitro benzene ring substituents is 1. The van der Waals surface area contributed by atoms with E-state index in [-0.39, 0.29) is 17.1 Å². The van der Waals surface area contributed by atoms with Gasteiger partial charge in [-0.2, -0.15) is 0 Å². The van der Waals surface area contributed by atoms with Gasteiger partial charge in [0.05, 0.1) is 25.2 Å². The van der Waals surface area contributed by atoms with Crippen LogP contribution in [0.5, 0.6) is 11.5 Å². The van der Waals surface area contributed by atoms with Crippen LogP contribution in [0.15, 0.2) is 60.3 Å². The first kappa shape index (κ1) is 19.4. The summed E-state index contributed by atoms with van der Waals surface area (Å²) in [5, 5.41) is 13.8. The first-order valence-electron chi connectivity index (χ1n) is 7.61. The van der Waals surface area contributed by atoms with Crippen LogP contribution in [0.25, 0.3) is 0 Å². The van der Waals surface area contributed by atoms with Crippen molar-refractivity contribution in [2.24, 2.45) is 0 Å². The fourth-order valence-corrected chi connectivity index (χ4v) is 2.02. The van der Waals surface area contributed by atoms with E-state index in [1.807, 2.05) is 0 Å². The number of rotatable bonds is 7. The molecule has 0 bridgehead atoms. The second-order valence-electron chi connectivity index (χ2n) is 5.05. The van der Waals surface area contributed by atoms with Crippen molar-refractivity contribution < 1.29 is 28.7 Å². The lowest BCUT2D eigenvalue weighted by atomic mass is 10.2. The first-order valence-corrected chi connectivity index (χ1v) is 7.61. The largest absolute Gasteiger partial charge is 0.466 e. The standard InChI is InChI=1S/C18H16N2O7/c1-25-17(21)11-14(18(22)26-2)19-12-7-9-13(10-8-12)27-16-6-4-3-5-15(16)20(23)24/h3-11,19H,1-2H3/b14-11+. The molecule has 9 nitrogen and oxygen atoms in total. The molecule has 0 radical (unpaired) electrons. The summed E-state index contributed by atoms with van der Waals surface area (Å²) < 4.78 is 14.6. The Labute approximate surface area is 154 Å². The van der Waals surface area contributed by atoms with Gasteiger partial charge in [-0.25, -0.2) is 9.59 Å². The third-order valence-corrected chi connectivity index (χ3v) is 3.29. The minimum Gasteiger partial charge on any atom is -0.466 e. The molecule has 2 aromatic rings. The molecule has 0 atom stereocenters. The third kappa shape index (κ3) is 5.30. The van der Waals surface area contributed by atoms with Crippen LogP contribution in [0, 0.1) is 10.1 Å². The molecule has 27 heavy (non-hydrogen) atoms. The summed E-state index contributed by atoms with van der Waals surface area (Å²) >= 11 is 0. The summed E-state index contributed by atoms with van der Waals surface area (Å²) in [4.78, 5) is 33.6. The molecule has 0 aliphatic rings. The van der Waals surface area contributed by atoms with Gasteiger partial charge in [0.1, 0.15) is 11.4 Å². The molecule has 1 N–H and O–H groups in total. The van der Waals surface area contributed by atoms with Crippen LogP contribution in [-0.2, 0) is 19.1 Å². The zero-order valence-electron chi connectivity index (χ0n) is 14.5. The molecule has 0 aliphatic carbocycles.